The highest BCUT2D eigenvalue weighted by Crippen LogP contribution is 2.47. The Hall–Kier alpha value is -2.71. The van der Waals surface area contributed by atoms with Crippen LogP contribution in [0.25, 0.3) is 0 Å². The highest BCUT2D eigenvalue weighted by Gasteiger charge is 2.65. The van der Waals surface area contributed by atoms with Gasteiger partial charge in [0.15, 0.2) is 0 Å². The van der Waals surface area contributed by atoms with Crippen LogP contribution in [-0.4, -0.2) is 45.2 Å². The minimum atomic E-state index is -1.46. The molecule has 0 spiro atoms. The maximum absolute atomic E-state index is 11.8. The maximum atomic E-state index is 11.8. The largest absolute Gasteiger partial charge is 0.481 e. The predicted octanol–water partition coefficient (Wildman–Crippen LogP) is -0.347. The van der Waals surface area contributed by atoms with Crippen molar-refractivity contribution in [3.63, 3.8) is 0 Å². The van der Waals surface area contributed by atoms with Crippen LogP contribution in [0.15, 0.2) is 11.1 Å². The minimum Gasteiger partial charge on any atom is -0.481 e. The zero-order valence-electron chi connectivity index (χ0n) is 11.1. The third-order valence-electron chi connectivity index (χ3n) is 3.78. The molecule has 22 heavy (non-hydrogen) atoms. The molecule has 0 radical (unpaired) electrons. The SMILES string of the molecule is O=C(O)C1=C(C(=O)OC(=O)C2C(C(=O)O)C2C(=O)O)CCC1. The summed E-state index contributed by atoms with van der Waals surface area (Å²) in [5.74, 6) is -10.9. The number of hydrogen-bond donors (Lipinski definition) is 3. The molecule has 0 aromatic rings. The second-order valence-electron chi connectivity index (χ2n) is 5.08. The van der Waals surface area contributed by atoms with Crippen LogP contribution in [-0.2, 0) is 28.7 Å². The van der Waals surface area contributed by atoms with E-state index in [1.807, 2.05) is 0 Å². The molecule has 2 atom stereocenters. The molecule has 1 saturated carbocycles. The van der Waals surface area contributed by atoms with Gasteiger partial charge in [-0.3, -0.25) is 14.4 Å². The normalized spacial score (nSPS) is 26.5. The first-order valence-electron chi connectivity index (χ1n) is 6.42. The predicted molar refractivity (Wildman–Crippen MR) is 65.4 cm³/mol. The van der Waals surface area contributed by atoms with Crippen LogP contribution in [0.5, 0.6) is 0 Å². The summed E-state index contributed by atoms with van der Waals surface area (Å²) in [6, 6.07) is 0. The van der Waals surface area contributed by atoms with Gasteiger partial charge in [0.05, 0.1) is 17.8 Å². The number of rotatable bonds is 5. The highest BCUT2D eigenvalue weighted by molar-refractivity contribution is 6.06. The number of carbonyl (C=O) groups excluding carboxylic acids is 2. The average Bonchev–Trinajstić information content (AvgIpc) is 2.98. The number of carboxylic acids is 3. The number of hydrogen-bond acceptors (Lipinski definition) is 6. The standard InChI is InChI=1S/C13H12O9/c14-9(15)4-2-1-3-5(4)12(20)22-13(21)8-6(10(16)17)7(8)11(18)19/h6-8H,1-3H2,(H,14,15)(H,16,17)(H,18,19). The van der Waals surface area contributed by atoms with Gasteiger partial charge in [0.25, 0.3) is 0 Å². The monoisotopic (exact) mass is 312 g/mol. The first-order valence-corrected chi connectivity index (χ1v) is 6.42. The van der Waals surface area contributed by atoms with E-state index >= 15 is 0 Å². The fourth-order valence-corrected chi connectivity index (χ4v) is 2.64. The van der Waals surface area contributed by atoms with Crippen LogP contribution < -0.4 is 0 Å². The highest BCUT2D eigenvalue weighted by atomic mass is 16.6. The number of carboxylic acid groups (broad SMARTS) is 3. The Morgan fingerprint density at radius 1 is 0.818 bits per heavy atom. The van der Waals surface area contributed by atoms with Crippen molar-refractivity contribution in [2.75, 3.05) is 0 Å². The average molecular weight is 312 g/mol. The minimum absolute atomic E-state index is 0.139. The quantitative estimate of drug-likeness (QED) is 0.456. The van der Waals surface area contributed by atoms with Crippen molar-refractivity contribution < 1.29 is 44.0 Å². The molecular weight excluding hydrogens is 300 g/mol. The molecule has 9 nitrogen and oxygen atoms in total. The Morgan fingerprint density at radius 2 is 1.32 bits per heavy atom. The molecule has 118 valence electrons. The summed E-state index contributed by atoms with van der Waals surface area (Å²) in [6.07, 6.45) is 0.745. The molecule has 9 heteroatoms. The van der Waals surface area contributed by atoms with Crippen LogP contribution in [0.3, 0.4) is 0 Å². The Morgan fingerprint density at radius 3 is 1.77 bits per heavy atom. The number of ether oxygens (including phenoxy) is 1. The second kappa shape index (κ2) is 5.58. The van der Waals surface area contributed by atoms with Gasteiger partial charge in [-0.2, -0.15) is 0 Å². The Bertz CT molecular complexity index is 595. The second-order valence-corrected chi connectivity index (χ2v) is 5.08. The molecule has 3 N–H and O–H groups in total. The van der Waals surface area contributed by atoms with Gasteiger partial charge in [0, 0.05) is 11.1 Å². The molecule has 0 aromatic carbocycles. The zero-order chi connectivity index (χ0) is 16.6. The van der Waals surface area contributed by atoms with E-state index in [1.165, 1.54) is 0 Å². The van der Waals surface area contributed by atoms with Crippen molar-refractivity contribution in [1.29, 1.82) is 0 Å². The lowest BCUT2D eigenvalue weighted by Gasteiger charge is -2.04. The molecule has 0 heterocycles. The summed E-state index contributed by atoms with van der Waals surface area (Å²) in [5, 5.41) is 26.5. The van der Waals surface area contributed by atoms with E-state index in [0.29, 0.717) is 6.42 Å². The van der Waals surface area contributed by atoms with Crippen molar-refractivity contribution >= 4 is 29.8 Å². The fourth-order valence-electron chi connectivity index (χ4n) is 2.64. The van der Waals surface area contributed by atoms with E-state index in [2.05, 4.69) is 4.74 Å². The van der Waals surface area contributed by atoms with Crippen molar-refractivity contribution in [2.45, 2.75) is 19.3 Å². The molecule has 0 aromatic heterocycles. The van der Waals surface area contributed by atoms with Gasteiger partial charge in [-0.15, -0.1) is 0 Å². The number of aliphatic carboxylic acids is 3. The topological polar surface area (TPSA) is 155 Å². The van der Waals surface area contributed by atoms with Crippen molar-refractivity contribution in [2.24, 2.45) is 17.8 Å². The molecule has 0 bridgehead atoms. The van der Waals surface area contributed by atoms with Crippen molar-refractivity contribution in [1.82, 2.24) is 0 Å². The molecule has 0 saturated heterocycles. The van der Waals surface area contributed by atoms with E-state index < -0.39 is 47.6 Å². The van der Waals surface area contributed by atoms with E-state index in [-0.39, 0.29) is 24.0 Å². The smallest absolute Gasteiger partial charge is 0.342 e. The third kappa shape index (κ3) is 2.69. The van der Waals surface area contributed by atoms with Crippen LogP contribution in [0.4, 0.5) is 0 Å². The van der Waals surface area contributed by atoms with Gasteiger partial charge in [0.2, 0.25) is 0 Å². The molecule has 2 unspecified atom stereocenters. The van der Waals surface area contributed by atoms with Crippen molar-refractivity contribution in [3.8, 4) is 0 Å². The lowest BCUT2D eigenvalue weighted by Crippen LogP contribution is -2.19. The van der Waals surface area contributed by atoms with Crippen molar-refractivity contribution in [3.05, 3.63) is 11.1 Å². The first kappa shape index (κ1) is 15.7. The van der Waals surface area contributed by atoms with Crippen LogP contribution in [0.1, 0.15) is 19.3 Å². The van der Waals surface area contributed by atoms with E-state index in [4.69, 9.17) is 15.3 Å². The first-order chi connectivity index (χ1) is 10.3. The fraction of sp³-hybridized carbons (Fsp3) is 0.462. The van der Waals surface area contributed by atoms with Gasteiger partial charge >= 0.3 is 29.8 Å². The molecular formula is C13H12O9. The van der Waals surface area contributed by atoms with Gasteiger partial charge in [-0.25, -0.2) is 9.59 Å². The van der Waals surface area contributed by atoms with Crippen LogP contribution >= 0.6 is 0 Å². The van der Waals surface area contributed by atoms with Crippen LogP contribution in [0.2, 0.25) is 0 Å². The van der Waals surface area contributed by atoms with Gasteiger partial charge in [0.1, 0.15) is 0 Å². The third-order valence-corrected chi connectivity index (χ3v) is 3.78. The Labute approximate surface area is 123 Å². The van der Waals surface area contributed by atoms with Gasteiger partial charge in [-0.05, 0) is 19.3 Å². The van der Waals surface area contributed by atoms with E-state index in [0.717, 1.165) is 0 Å². The number of esters is 2. The number of carbonyl (C=O) groups is 5. The molecule has 2 rings (SSSR count). The molecule has 2 aliphatic rings. The summed E-state index contributed by atoms with van der Waals surface area (Å²) in [4.78, 5) is 56.1. The van der Waals surface area contributed by atoms with E-state index in [9.17, 15) is 24.0 Å². The molecule has 0 amide bonds. The zero-order valence-corrected chi connectivity index (χ0v) is 11.1. The molecule has 2 aliphatic carbocycles. The summed E-state index contributed by atoms with van der Waals surface area (Å²) in [5.41, 5.74) is -0.279. The van der Waals surface area contributed by atoms with Crippen LogP contribution in [0, 0.1) is 17.8 Å². The Kier molecular flexibility index (Phi) is 3.98. The van der Waals surface area contributed by atoms with Gasteiger partial charge in [-0.1, -0.05) is 0 Å². The Balaban J connectivity index is 2.08. The molecule has 0 aliphatic heterocycles. The van der Waals surface area contributed by atoms with Gasteiger partial charge < -0.3 is 20.1 Å². The lowest BCUT2D eigenvalue weighted by molar-refractivity contribution is -0.160. The summed E-state index contributed by atoms with van der Waals surface area (Å²) in [6.45, 7) is 0. The summed E-state index contributed by atoms with van der Waals surface area (Å²) >= 11 is 0. The van der Waals surface area contributed by atoms with E-state index in [1.54, 1.807) is 0 Å². The molecule has 1 fully saturated rings. The summed E-state index contributed by atoms with van der Waals surface area (Å²) in [7, 11) is 0. The maximum Gasteiger partial charge on any atom is 0.342 e. The summed E-state index contributed by atoms with van der Waals surface area (Å²) < 4.78 is 4.47. The lowest BCUT2D eigenvalue weighted by atomic mass is 10.1.